The topological polar surface area (TPSA) is 87.0 Å². The molecule has 2 saturated heterocycles. The highest BCUT2D eigenvalue weighted by Crippen LogP contribution is 2.37. The van der Waals surface area contributed by atoms with Gasteiger partial charge in [0, 0.05) is 25.4 Å². The van der Waals surface area contributed by atoms with Gasteiger partial charge in [-0.05, 0) is 30.5 Å². The van der Waals surface area contributed by atoms with E-state index in [2.05, 4.69) is 38.2 Å². The van der Waals surface area contributed by atoms with E-state index in [1.54, 1.807) is 6.07 Å². The molecule has 2 aromatic heterocycles. The molecule has 1 N–H and O–H groups in total. The van der Waals surface area contributed by atoms with Gasteiger partial charge in [0.2, 0.25) is 5.95 Å². The molecule has 0 amide bonds. The number of pyridine rings is 1. The van der Waals surface area contributed by atoms with Gasteiger partial charge >= 0.3 is 0 Å². The van der Waals surface area contributed by atoms with Crippen molar-refractivity contribution < 1.29 is 4.74 Å². The third-order valence-corrected chi connectivity index (χ3v) is 5.12. The second-order valence-corrected chi connectivity index (χ2v) is 6.98. The van der Waals surface area contributed by atoms with Crippen LogP contribution in [0.25, 0.3) is 0 Å². The first kappa shape index (κ1) is 16.7. The van der Waals surface area contributed by atoms with E-state index in [0.717, 1.165) is 49.7 Å². The van der Waals surface area contributed by atoms with Crippen LogP contribution in [0.5, 0.6) is 0 Å². The van der Waals surface area contributed by atoms with Gasteiger partial charge in [-0.1, -0.05) is 13.0 Å². The summed E-state index contributed by atoms with van der Waals surface area (Å²) in [5.74, 6) is 1.51. The van der Waals surface area contributed by atoms with Gasteiger partial charge in [0.05, 0.1) is 24.8 Å². The molecule has 7 heteroatoms. The highest BCUT2D eigenvalue weighted by molar-refractivity contribution is 5.40. The van der Waals surface area contributed by atoms with Gasteiger partial charge in [-0.2, -0.15) is 5.26 Å². The average molecular weight is 350 g/mol. The van der Waals surface area contributed by atoms with Gasteiger partial charge in [-0.3, -0.25) is 0 Å². The highest BCUT2D eigenvalue weighted by Gasteiger charge is 2.46. The zero-order valence-electron chi connectivity index (χ0n) is 14.9. The summed E-state index contributed by atoms with van der Waals surface area (Å²) >= 11 is 0. The fourth-order valence-corrected chi connectivity index (χ4v) is 3.72. The Morgan fingerprint density at radius 1 is 1.38 bits per heavy atom. The second-order valence-electron chi connectivity index (χ2n) is 6.98. The number of nitrogens with zero attached hydrogens (tertiary/aromatic N) is 5. The van der Waals surface area contributed by atoms with Crippen LogP contribution >= 0.6 is 0 Å². The Bertz CT molecular complexity index is 818. The number of ether oxygens (including phenoxy) is 1. The minimum Gasteiger partial charge on any atom is -0.371 e. The monoisotopic (exact) mass is 350 g/mol. The van der Waals surface area contributed by atoms with Gasteiger partial charge in [0.1, 0.15) is 17.6 Å². The summed E-state index contributed by atoms with van der Waals surface area (Å²) in [5, 5.41) is 12.4. The minimum absolute atomic E-state index is 0.155. The lowest BCUT2D eigenvalue weighted by molar-refractivity contribution is 0.0228. The first-order valence-corrected chi connectivity index (χ1v) is 9.03. The average Bonchev–Trinajstić information content (AvgIpc) is 3.28. The van der Waals surface area contributed by atoms with Crippen molar-refractivity contribution in [3.05, 3.63) is 41.9 Å². The maximum Gasteiger partial charge on any atom is 0.225 e. The molecule has 0 aliphatic carbocycles. The molecule has 134 valence electrons. The molecule has 2 aliphatic rings. The van der Waals surface area contributed by atoms with Crippen molar-refractivity contribution >= 4 is 11.8 Å². The molecule has 2 fully saturated rings. The second kappa shape index (κ2) is 6.89. The lowest BCUT2D eigenvalue weighted by Crippen LogP contribution is -2.34. The number of anilines is 2. The number of hydrogen-bond acceptors (Lipinski definition) is 7. The predicted molar refractivity (Wildman–Crippen MR) is 97.9 cm³/mol. The maximum atomic E-state index is 8.98. The van der Waals surface area contributed by atoms with E-state index in [1.807, 2.05) is 24.5 Å². The van der Waals surface area contributed by atoms with Gasteiger partial charge in [0.25, 0.3) is 0 Å². The quantitative estimate of drug-likeness (QED) is 0.904. The van der Waals surface area contributed by atoms with Crippen LogP contribution in [-0.2, 0) is 11.2 Å². The summed E-state index contributed by atoms with van der Waals surface area (Å²) in [6.07, 6.45) is 6.63. The smallest absolute Gasteiger partial charge is 0.225 e. The number of nitrogens with one attached hydrogen (secondary N) is 1. The van der Waals surface area contributed by atoms with Crippen LogP contribution in [0, 0.1) is 11.3 Å². The number of rotatable bonds is 4. The van der Waals surface area contributed by atoms with Crippen molar-refractivity contribution in [2.24, 2.45) is 0 Å². The summed E-state index contributed by atoms with van der Waals surface area (Å²) in [4.78, 5) is 15.5. The van der Waals surface area contributed by atoms with Crippen LogP contribution in [0.3, 0.4) is 0 Å². The van der Waals surface area contributed by atoms with E-state index in [9.17, 15) is 0 Å². The van der Waals surface area contributed by atoms with E-state index in [0.29, 0.717) is 12.3 Å². The molecule has 4 rings (SSSR count). The van der Waals surface area contributed by atoms with Crippen molar-refractivity contribution in [2.75, 3.05) is 29.9 Å². The summed E-state index contributed by atoms with van der Waals surface area (Å²) in [7, 11) is 0. The Kier molecular flexibility index (Phi) is 4.43. The lowest BCUT2D eigenvalue weighted by atomic mass is 9.97. The SMILES string of the molecule is CCc1cnc(N2CC[C@@]3(C[C@H](Nc4cccc(C#N)n4)CO3)C2)nc1. The number of aryl methyl sites for hydroxylation is 1. The summed E-state index contributed by atoms with van der Waals surface area (Å²) < 4.78 is 6.19. The van der Waals surface area contributed by atoms with Gasteiger partial charge < -0.3 is 15.0 Å². The molecule has 2 atom stereocenters. The standard InChI is InChI=1S/C19H22N6O/c1-2-14-10-21-18(22-11-14)25-7-6-19(13-25)8-16(12-26-19)24-17-5-3-4-15(9-20)23-17/h3-5,10-11,16H,2,6-8,12-13H2,1H3,(H,23,24)/t16-,19+/m0/s1. The Balaban J connectivity index is 1.39. The molecule has 4 heterocycles. The van der Waals surface area contributed by atoms with Crippen molar-refractivity contribution in [2.45, 2.75) is 37.8 Å². The normalized spacial score (nSPS) is 24.8. The number of aromatic nitrogens is 3. The molecule has 0 unspecified atom stereocenters. The third kappa shape index (κ3) is 3.33. The van der Waals surface area contributed by atoms with E-state index >= 15 is 0 Å². The molecule has 0 bridgehead atoms. The molecular weight excluding hydrogens is 328 g/mol. The van der Waals surface area contributed by atoms with E-state index in [4.69, 9.17) is 10.00 Å². The molecule has 2 aromatic rings. The molecule has 0 aromatic carbocycles. The molecule has 0 radical (unpaired) electrons. The zero-order chi connectivity index (χ0) is 18.0. The first-order valence-electron chi connectivity index (χ1n) is 9.03. The van der Waals surface area contributed by atoms with E-state index < -0.39 is 0 Å². The summed E-state index contributed by atoms with van der Waals surface area (Å²) in [5.41, 5.74) is 1.41. The van der Waals surface area contributed by atoms with Crippen LogP contribution in [-0.4, -0.2) is 46.3 Å². The fourth-order valence-electron chi connectivity index (χ4n) is 3.72. The van der Waals surface area contributed by atoms with Crippen LogP contribution < -0.4 is 10.2 Å². The number of nitriles is 1. The van der Waals surface area contributed by atoms with Gasteiger partial charge in [0.15, 0.2) is 0 Å². The molecule has 26 heavy (non-hydrogen) atoms. The van der Waals surface area contributed by atoms with Crippen molar-refractivity contribution in [3.63, 3.8) is 0 Å². The van der Waals surface area contributed by atoms with E-state index in [-0.39, 0.29) is 11.6 Å². The Labute approximate surface area is 153 Å². The van der Waals surface area contributed by atoms with Crippen LogP contribution in [0.4, 0.5) is 11.8 Å². The fraction of sp³-hybridized carbons (Fsp3) is 0.474. The van der Waals surface area contributed by atoms with Crippen molar-refractivity contribution in [1.29, 1.82) is 5.26 Å². The first-order chi connectivity index (χ1) is 12.7. The van der Waals surface area contributed by atoms with Gasteiger partial charge in [-0.15, -0.1) is 0 Å². The Morgan fingerprint density at radius 2 is 2.23 bits per heavy atom. The number of hydrogen-bond donors (Lipinski definition) is 1. The molecule has 0 saturated carbocycles. The third-order valence-electron chi connectivity index (χ3n) is 5.12. The largest absolute Gasteiger partial charge is 0.371 e. The predicted octanol–water partition coefficient (Wildman–Crippen LogP) is 2.16. The van der Waals surface area contributed by atoms with Crippen LogP contribution in [0.1, 0.15) is 31.0 Å². The molecular formula is C19H22N6O. The Hall–Kier alpha value is -2.72. The van der Waals surface area contributed by atoms with Crippen LogP contribution in [0.2, 0.25) is 0 Å². The van der Waals surface area contributed by atoms with Crippen LogP contribution in [0.15, 0.2) is 30.6 Å². The summed E-state index contributed by atoms with van der Waals surface area (Å²) in [6.45, 7) is 4.45. The maximum absolute atomic E-state index is 8.98. The zero-order valence-corrected chi connectivity index (χ0v) is 14.9. The summed E-state index contributed by atoms with van der Waals surface area (Å²) in [6, 6.07) is 7.70. The molecule has 2 aliphatic heterocycles. The van der Waals surface area contributed by atoms with Crippen molar-refractivity contribution in [1.82, 2.24) is 15.0 Å². The molecule has 7 nitrogen and oxygen atoms in total. The van der Waals surface area contributed by atoms with Gasteiger partial charge in [-0.25, -0.2) is 15.0 Å². The highest BCUT2D eigenvalue weighted by atomic mass is 16.5. The van der Waals surface area contributed by atoms with E-state index in [1.165, 1.54) is 0 Å². The van der Waals surface area contributed by atoms with Crippen molar-refractivity contribution in [3.8, 4) is 6.07 Å². The molecule has 1 spiro atoms. The Morgan fingerprint density at radius 3 is 3.00 bits per heavy atom. The minimum atomic E-state index is -0.155. The lowest BCUT2D eigenvalue weighted by Gasteiger charge is -2.23.